The fourth-order valence-electron chi connectivity index (χ4n) is 4.63. The van der Waals surface area contributed by atoms with E-state index in [0.717, 1.165) is 18.4 Å². The van der Waals surface area contributed by atoms with Crippen molar-refractivity contribution in [2.45, 2.75) is 42.9 Å². The molecule has 37 heavy (non-hydrogen) atoms. The Bertz CT molecular complexity index is 1480. The van der Waals surface area contributed by atoms with Crippen LogP contribution < -0.4 is 14.8 Å². The third-order valence-corrected chi connectivity index (χ3v) is 8.78. The Kier molecular flexibility index (Phi) is 7.33. The van der Waals surface area contributed by atoms with Crippen LogP contribution in [0.3, 0.4) is 0 Å². The Labute approximate surface area is 219 Å². The number of pyridine rings is 2. The van der Waals surface area contributed by atoms with E-state index in [2.05, 4.69) is 25.0 Å². The zero-order valence-electron chi connectivity index (χ0n) is 20.3. The Morgan fingerprint density at radius 2 is 1.86 bits per heavy atom. The summed E-state index contributed by atoms with van der Waals surface area (Å²) in [5.74, 6) is 0.582. The number of benzene rings is 1. The number of fused-ring (bicyclic) bond motifs is 1. The highest BCUT2D eigenvalue weighted by Crippen LogP contribution is 2.36. The third-order valence-electron chi connectivity index (χ3n) is 6.53. The predicted octanol–water partition coefficient (Wildman–Crippen LogP) is 5.20. The summed E-state index contributed by atoms with van der Waals surface area (Å²) in [5.41, 5.74) is 1.45. The molecule has 0 radical (unpaired) electrons. The van der Waals surface area contributed by atoms with Gasteiger partial charge in [-0.2, -0.15) is 0 Å². The first-order valence-electron chi connectivity index (χ1n) is 12.1. The molecule has 1 aromatic carbocycles. The third kappa shape index (κ3) is 5.89. The van der Waals surface area contributed by atoms with Crippen molar-refractivity contribution in [3.8, 4) is 5.88 Å². The number of hydrogen-bond acceptors (Lipinski definition) is 8. The number of sulfonamides is 1. The van der Waals surface area contributed by atoms with Crippen molar-refractivity contribution in [1.29, 1.82) is 0 Å². The SMILES string of the molecule is COc1ccc2nc(NC(=O)C(CC3CCCC3)c3ccc(S(=O)(=O)Nc4ccccn4)cc3)sc2n1. The van der Waals surface area contributed by atoms with Gasteiger partial charge in [0.25, 0.3) is 10.0 Å². The smallest absolute Gasteiger partial charge is 0.263 e. The van der Waals surface area contributed by atoms with Crippen molar-refractivity contribution in [3.05, 3.63) is 66.4 Å². The van der Waals surface area contributed by atoms with Gasteiger partial charge in [0.15, 0.2) is 5.13 Å². The standard InChI is InChI=1S/C26H27N5O4S2/c1-35-23-14-13-21-25(29-23)36-26(28-21)30-24(32)20(16-17-6-2-3-7-17)18-9-11-19(12-10-18)37(33,34)31-22-8-4-5-15-27-22/h4-5,8-15,17,20H,2-3,6-7,16H2,1H3,(H,27,31)(H,28,30,32). The van der Waals surface area contributed by atoms with E-state index >= 15 is 0 Å². The van der Waals surface area contributed by atoms with Crippen LogP contribution in [0.4, 0.5) is 10.9 Å². The molecule has 4 aromatic rings. The lowest BCUT2D eigenvalue weighted by molar-refractivity contribution is -0.118. The Hall–Kier alpha value is -3.57. The van der Waals surface area contributed by atoms with Gasteiger partial charge in [-0.25, -0.2) is 23.4 Å². The van der Waals surface area contributed by atoms with E-state index in [0.29, 0.717) is 33.7 Å². The average Bonchev–Trinajstić information content (AvgIpc) is 3.56. The Balaban J connectivity index is 1.37. The minimum atomic E-state index is -3.81. The normalized spacial score (nSPS) is 14.9. The number of nitrogens with zero attached hydrogens (tertiary/aromatic N) is 3. The summed E-state index contributed by atoms with van der Waals surface area (Å²) in [5, 5.41) is 3.44. The predicted molar refractivity (Wildman–Crippen MR) is 143 cm³/mol. The molecule has 0 aliphatic heterocycles. The van der Waals surface area contributed by atoms with E-state index in [1.807, 2.05) is 6.07 Å². The van der Waals surface area contributed by atoms with Crippen LogP contribution in [0.1, 0.15) is 43.6 Å². The quantitative estimate of drug-likeness (QED) is 0.301. The van der Waals surface area contributed by atoms with E-state index in [9.17, 15) is 13.2 Å². The van der Waals surface area contributed by atoms with E-state index < -0.39 is 15.9 Å². The minimum absolute atomic E-state index is 0.105. The molecule has 2 N–H and O–H groups in total. The number of rotatable bonds is 9. The summed E-state index contributed by atoms with van der Waals surface area (Å²) in [6, 6.07) is 15.0. The van der Waals surface area contributed by atoms with Crippen molar-refractivity contribution in [2.24, 2.45) is 5.92 Å². The molecule has 1 fully saturated rings. The highest BCUT2D eigenvalue weighted by Gasteiger charge is 2.28. The van der Waals surface area contributed by atoms with Gasteiger partial charge in [0.05, 0.1) is 17.9 Å². The Morgan fingerprint density at radius 1 is 1.08 bits per heavy atom. The first-order chi connectivity index (χ1) is 17.9. The second kappa shape index (κ2) is 10.8. The van der Waals surface area contributed by atoms with E-state index in [-0.39, 0.29) is 16.6 Å². The number of hydrogen-bond donors (Lipinski definition) is 2. The summed E-state index contributed by atoms with van der Waals surface area (Å²) in [6.45, 7) is 0. The Morgan fingerprint density at radius 3 is 2.57 bits per heavy atom. The fourth-order valence-corrected chi connectivity index (χ4v) is 6.47. The number of methoxy groups -OCH3 is 1. The maximum absolute atomic E-state index is 13.5. The second-order valence-electron chi connectivity index (χ2n) is 9.01. The molecule has 0 bridgehead atoms. The van der Waals surface area contributed by atoms with Crippen molar-refractivity contribution in [1.82, 2.24) is 15.0 Å². The molecule has 1 amide bonds. The molecule has 1 aliphatic rings. The molecule has 192 valence electrons. The lowest BCUT2D eigenvalue weighted by atomic mass is 9.87. The highest BCUT2D eigenvalue weighted by atomic mass is 32.2. The number of anilines is 2. The second-order valence-corrected chi connectivity index (χ2v) is 11.7. The number of thiazole rings is 1. The zero-order chi connectivity index (χ0) is 25.8. The highest BCUT2D eigenvalue weighted by molar-refractivity contribution is 7.92. The van der Waals surface area contributed by atoms with Crippen molar-refractivity contribution in [3.63, 3.8) is 0 Å². The molecule has 3 heterocycles. The number of ether oxygens (including phenoxy) is 1. The van der Waals surface area contributed by atoms with Gasteiger partial charge in [0, 0.05) is 12.3 Å². The molecule has 9 nitrogen and oxygen atoms in total. The van der Waals surface area contributed by atoms with Crippen LogP contribution in [0.25, 0.3) is 10.3 Å². The molecular weight excluding hydrogens is 510 g/mol. The maximum Gasteiger partial charge on any atom is 0.263 e. The van der Waals surface area contributed by atoms with Gasteiger partial charge in [0.2, 0.25) is 11.8 Å². The summed E-state index contributed by atoms with van der Waals surface area (Å²) >= 11 is 1.29. The zero-order valence-corrected chi connectivity index (χ0v) is 21.9. The lowest BCUT2D eigenvalue weighted by Crippen LogP contribution is -2.23. The lowest BCUT2D eigenvalue weighted by Gasteiger charge is -2.20. The number of carbonyl (C=O) groups excluding carboxylic acids is 1. The maximum atomic E-state index is 13.5. The van der Waals surface area contributed by atoms with Crippen molar-refractivity contribution in [2.75, 3.05) is 17.1 Å². The monoisotopic (exact) mass is 537 g/mol. The van der Waals surface area contributed by atoms with Gasteiger partial charge in [-0.15, -0.1) is 0 Å². The van der Waals surface area contributed by atoms with E-state index in [4.69, 9.17) is 4.74 Å². The number of nitrogens with one attached hydrogen (secondary N) is 2. The van der Waals surface area contributed by atoms with Crippen LogP contribution in [0.5, 0.6) is 5.88 Å². The molecule has 1 saturated carbocycles. The minimum Gasteiger partial charge on any atom is -0.481 e. The topological polar surface area (TPSA) is 123 Å². The van der Waals surface area contributed by atoms with E-state index in [1.54, 1.807) is 43.5 Å². The van der Waals surface area contributed by atoms with Gasteiger partial charge in [-0.05, 0) is 48.2 Å². The van der Waals surface area contributed by atoms with E-state index in [1.165, 1.54) is 42.5 Å². The van der Waals surface area contributed by atoms with Crippen LogP contribution >= 0.6 is 11.3 Å². The molecule has 1 atom stereocenters. The number of amides is 1. The van der Waals surface area contributed by atoms with Crippen LogP contribution in [-0.2, 0) is 14.8 Å². The van der Waals surface area contributed by atoms with Crippen LogP contribution in [0.15, 0.2) is 65.7 Å². The summed E-state index contributed by atoms with van der Waals surface area (Å²) in [7, 11) is -2.25. The molecule has 0 saturated heterocycles. The van der Waals surface area contributed by atoms with Crippen LogP contribution in [-0.4, -0.2) is 36.4 Å². The average molecular weight is 538 g/mol. The fraction of sp³-hybridized carbons (Fsp3) is 0.308. The van der Waals surface area contributed by atoms with Gasteiger partial charge >= 0.3 is 0 Å². The summed E-state index contributed by atoms with van der Waals surface area (Å²) in [4.78, 5) is 27.2. The van der Waals surface area contributed by atoms with Crippen molar-refractivity contribution < 1.29 is 17.9 Å². The van der Waals surface area contributed by atoms with Gasteiger partial charge < -0.3 is 10.1 Å². The first kappa shape index (κ1) is 25.1. The largest absolute Gasteiger partial charge is 0.481 e. The molecule has 3 aromatic heterocycles. The van der Waals surface area contributed by atoms with Gasteiger partial charge in [-0.3, -0.25) is 9.52 Å². The van der Waals surface area contributed by atoms with Gasteiger partial charge in [-0.1, -0.05) is 55.2 Å². The number of carbonyl (C=O) groups is 1. The molecule has 1 aliphatic carbocycles. The molecule has 5 rings (SSSR count). The molecular formula is C26H27N5O4S2. The molecule has 0 spiro atoms. The van der Waals surface area contributed by atoms with Crippen molar-refractivity contribution >= 4 is 48.6 Å². The van der Waals surface area contributed by atoms with Gasteiger partial charge in [0.1, 0.15) is 16.2 Å². The number of aromatic nitrogens is 3. The molecule has 1 unspecified atom stereocenters. The van der Waals surface area contributed by atoms with Crippen LogP contribution in [0, 0.1) is 5.92 Å². The summed E-state index contributed by atoms with van der Waals surface area (Å²) in [6.07, 6.45) is 6.73. The first-order valence-corrected chi connectivity index (χ1v) is 14.4. The van der Waals surface area contributed by atoms with Crippen LogP contribution in [0.2, 0.25) is 0 Å². The molecule has 11 heteroatoms. The summed E-state index contributed by atoms with van der Waals surface area (Å²) < 4.78 is 33.3.